The van der Waals surface area contributed by atoms with Crippen LogP contribution in [0.2, 0.25) is 5.02 Å². The molecule has 0 saturated carbocycles. The molecule has 0 fully saturated rings. The second kappa shape index (κ2) is 6.07. The molecule has 0 saturated heterocycles. The number of halogens is 3. The number of rotatable bonds is 2. The van der Waals surface area contributed by atoms with E-state index in [9.17, 15) is 4.79 Å². The van der Waals surface area contributed by atoms with Gasteiger partial charge in [-0.3, -0.25) is 0 Å². The van der Waals surface area contributed by atoms with E-state index in [0.29, 0.717) is 16.3 Å². The van der Waals surface area contributed by atoms with Crippen LogP contribution in [0.4, 0.5) is 0 Å². The zero-order valence-corrected chi connectivity index (χ0v) is 13.8. The number of carbonyl (C=O) groups excluding carboxylic acids is 1. The molecule has 0 aliphatic heterocycles. The number of benzene rings is 2. The van der Waals surface area contributed by atoms with Crippen LogP contribution in [0.5, 0.6) is 5.75 Å². The Labute approximate surface area is 133 Å². The van der Waals surface area contributed by atoms with Crippen molar-refractivity contribution in [2.75, 3.05) is 0 Å². The molecule has 0 atom stereocenters. The molecule has 0 aliphatic carbocycles. The van der Waals surface area contributed by atoms with Gasteiger partial charge >= 0.3 is 5.97 Å². The van der Waals surface area contributed by atoms with E-state index in [-0.39, 0.29) is 0 Å². The highest BCUT2D eigenvalue weighted by atomic mass is 79.9. The highest BCUT2D eigenvalue weighted by Gasteiger charge is 2.12. The van der Waals surface area contributed by atoms with Crippen molar-refractivity contribution in [3.8, 4) is 5.75 Å². The average Bonchev–Trinajstić information content (AvgIpc) is 2.36. The van der Waals surface area contributed by atoms with Gasteiger partial charge in [-0.25, -0.2) is 4.79 Å². The van der Waals surface area contributed by atoms with Gasteiger partial charge in [-0.2, -0.15) is 0 Å². The Morgan fingerprint density at radius 2 is 1.89 bits per heavy atom. The number of aryl methyl sites for hydroxylation is 1. The van der Waals surface area contributed by atoms with E-state index in [1.165, 1.54) is 0 Å². The first kappa shape index (κ1) is 14.6. The molecule has 98 valence electrons. The molecular formula is C14H9Br2ClO2. The summed E-state index contributed by atoms with van der Waals surface area (Å²) in [5, 5.41) is 0.383. The van der Waals surface area contributed by atoms with Crippen LogP contribution >= 0.6 is 43.5 Å². The van der Waals surface area contributed by atoms with E-state index in [0.717, 1.165) is 14.5 Å². The van der Waals surface area contributed by atoms with Gasteiger partial charge in [0, 0.05) is 8.95 Å². The average molecular weight is 404 g/mol. The van der Waals surface area contributed by atoms with Crippen LogP contribution in [-0.2, 0) is 0 Å². The summed E-state index contributed by atoms with van der Waals surface area (Å²) in [4.78, 5) is 12.0. The van der Waals surface area contributed by atoms with Gasteiger partial charge in [0.15, 0.2) is 0 Å². The smallest absolute Gasteiger partial charge is 0.343 e. The summed E-state index contributed by atoms with van der Waals surface area (Å²) < 4.78 is 6.96. The standard InChI is InChI=1S/C14H9Br2ClO2/c1-8-2-3-9(6-11(8)16)14(18)19-13-5-4-10(15)7-12(13)17/h2-7H,1H3. The van der Waals surface area contributed by atoms with E-state index < -0.39 is 5.97 Å². The molecule has 0 amide bonds. The minimum Gasteiger partial charge on any atom is -0.421 e. The van der Waals surface area contributed by atoms with E-state index in [1.54, 1.807) is 30.3 Å². The van der Waals surface area contributed by atoms with Crippen LogP contribution in [0.1, 0.15) is 15.9 Å². The van der Waals surface area contributed by atoms with Gasteiger partial charge in [-0.15, -0.1) is 0 Å². The van der Waals surface area contributed by atoms with Crippen LogP contribution in [0.25, 0.3) is 0 Å². The first-order chi connectivity index (χ1) is 8.97. The molecule has 0 radical (unpaired) electrons. The molecule has 2 rings (SSSR count). The number of hydrogen-bond acceptors (Lipinski definition) is 2. The van der Waals surface area contributed by atoms with E-state index in [1.807, 2.05) is 13.0 Å². The summed E-state index contributed by atoms with van der Waals surface area (Å²) >= 11 is 12.7. The van der Waals surface area contributed by atoms with Gasteiger partial charge in [0.2, 0.25) is 0 Å². The monoisotopic (exact) mass is 402 g/mol. The number of carbonyl (C=O) groups is 1. The number of esters is 1. The lowest BCUT2D eigenvalue weighted by molar-refractivity contribution is 0.0735. The first-order valence-electron chi connectivity index (χ1n) is 5.41. The van der Waals surface area contributed by atoms with Crippen LogP contribution in [0.15, 0.2) is 45.3 Å². The predicted octanol–water partition coefficient (Wildman–Crippen LogP) is 5.39. The highest BCUT2D eigenvalue weighted by molar-refractivity contribution is 9.10. The third-order valence-electron chi connectivity index (χ3n) is 2.50. The maximum absolute atomic E-state index is 12.0. The Bertz CT molecular complexity index is 641. The Morgan fingerprint density at radius 1 is 1.16 bits per heavy atom. The minimum absolute atomic E-state index is 0.339. The fourth-order valence-corrected chi connectivity index (χ4v) is 2.53. The normalized spacial score (nSPS) is 10.3. The summed E-state index contributed by atoms with van der Waals surface area (Å²) in [5.74, 6) is -0.100. The first-order valence-corrected chi connectivity index (χ1v) is 7.37. The maximum Gasteiger partial charge on any atom is 0.343 e. The van der Waals surface area contributed by atoms with Crippen LogP contribution in [0.3, 0.4) is 0 Å². The summed E-state index contributed by atoms with van der Waals surface area (Å²) in [5.41, 5.74) is 1.52. The van der Waals surface area contributed by atoms with Crippen molar-refractivity contribution in [3.63, 3.8) is 0 Å². The molecule has 19 heavy (non-hydrogen) atoms. The molecule has 0 aromatic heterocycles. The minimum atomic E-state index is -0.440. The van der Waals surface area contributed by atoms with Gasteiger partial charge in [-0.05, 0) is 42.8 Å². The fourth-order valence-electron chi connectivity index (χ4n) is 1.44. The quantitative estimate of drug-likeness (QED) is 0.495. The lowest BCUT2D eigenvalue weighted by Gasteiger charge is -2.07. The summed E-state index contributed by atoms with van der Waals surface area (Å²) in [6.07, 6.45) is 0. The van der Waals surface area contributed by atoms with Crippen molar-refractivity contribution in [1.29, 1.82) is 0 Å². The van der Waals surface area contributed by atoms with E-state index in [4.69, 9.17) is 16.3 Å². The molecule has 0 aliphatic rings. The zero-order valence-electron chi connectivity index (χ0n) is 9.91. The van der Waals surface area contributed by atoms with E-state index in [2.05, 4.69) is 31.9 Å². The molecule has 0 spiro atoms. The van der Waals surface area contributed by atoms with Gasteiger partial charge in [-0.1, -0.05) is 49.5 Å². The van der Waals surface area contributed by atoms with Gasteiger partial charge in [0.25, 0.3) is 0 Å². The lowest BCUT2D eigenvalue weighted by atomic mass is 10.1. The van der Waals surface area contributed by atoms with Gasteiger partial charge < -0.3 is 4.74 Å². The second-order valence-corrected chi connectivity index (χ2v) is 6.11. The fraction of sp³-hybridized carbons (Fsp3) is 0.0714. The number of hydrogen-bond donors (Lipinski definition) is 0. The molecule has 0 unspecified atom stereocenters. The molecule has 2 aromatic carbocycles. The largest absolute Gasteiger partial charge is 0.421 e. The van der Waals surface area contributed by atoms with Crippen molar-refractivity contribution in [1.82, 2.24) is 0 Å². The Kier molecular flexibility index (Phi) is 4.66. The third-order valence-corrected chi connectivity index (χ3v) is 4.15. The molecule has 0 heterocycles. The summed E-state index contributed by atoms with van der Waals surface area (Å²) in [6.45, 7) is 1.95. The van der Waals surface area contributed by atoms with Crippen molar-refractivity contribution in [2.45, 2.75) is 6.92 Å². The van der Waals surface area contributed by atoms with Crippen molar-refractivity contribution in [3.05, 3.63) is 61.5 Å². The summed E-state index contributed by atoms with van der Waals surface area (Å²) in [7, 11) is 0. The number of ether oxygens (including phenoxy) is 1. The Hall–Kier alpha value is -0.840. The maximum atomic E-state index is 12.0. The second-order valence-electron chi connectivity index (χ2n) is 3.93. The highest BCUT2D eigenvalue weighted by Crippen LogP contribution is 2.28. The molecular weight excluding hydrogens is 395 g/mol. The predicted molar refractivity (Wildman–Crippen MR) is 83.0 cm³/mol. The molecule has 2 nitrogen and oxygen atoms in total. The van der Waals surface area contributed by atoms with Crippen molar-refractivity contribution in [2.24, 2.45) is 0 Å². The third kappa shape index (κ3) is 3.59. The van der Waals surface area contributed by atoms with Gasteiger partial charge in [0.05, 0.1) is 10.6 Å². The SMILES string of the molecule is Cc1ccc(C(=O)Oc2ccc(Br)cc2Cl)cc1Br. The molecule has 2 aromatic rings. The van der Waals surface area contributed by atoms with Crippen LogP contribution in [-0.4, -0.2) is 5.97 Å². The van der Waals surface area contributed by atoms with Crippen molar-refractivity contribution >= 4 is 49.4 Å². The Morgan fingerprint density at radius 3 is 2.53 bits per heavy atom. The van der Waals surface area contributed by atoms with Crippen LogP contribution < -0.4 is 4.74 Å². The Balaban J connectivity index is 2.23. The molecule has 5 heteroatoms. The lowest BCUT2D eigenvalue weighted by Crippen LogP contribution is -2.08. The summed E-state index contributed by atoms with van der Waals surface area (Å²) in [6, 6.07) is 10.4. The topological polar surface area (TPSA) is 26.3 Å². The van der Waals surface area contributed by atoms with E-state index >= 15 is 0 Å². The molecule has 0 bridgehead atoms. The molecule has 0 N–H and O–H groups in total. The zero-order chi connectivity index (χ0) is 14.0. The van der Waals surface area contributed by atoms with Crippen molar-refractivity contribution < 1.29 is 9.53 Å². The van der Waals surface area contributed by atoms with Gasteiger partial charge in [0.1, 0.15) is 5.75 Å². The van der Waals surface area contributed by atoms with Crippen LogP contribution in [0, 0.1) is 6.92 Å².